The van der Waals surface area contributed by atoms with Crippen molar-refractivity contribution in [3.05, 3.63) is 24.0 Å². The van der Waals surface area contributed by atoms with Gasteiger partial charge in [0, 0.05) is 37.6 Å². The van der Waals surface area contributed by atoms with Crippen LogP contribution in [0.4, 0.5) is 0 Å². The molecular weight excluding hydrogens is 190 g/mol. The highest BCUT2D eigenvalue weighted by Gasteiger charge is 2.14. The standard InChI is InChI=1S/C11H19N3O/c1-14(7-10-3-2-4-12-10)8-11-9-15-6-5-13-11/h2-4,11-13H,5-9H2,1H3. The van der Waals surface area contributed by atoms with Crippen molar-refractivity contribution in [2.24, 2.45) is 0 Å². The quantitative estimate of drug-likeness (QED) is 0.755. The third-order valence-electron chi connectivity index (χ3n) is 2.63. The first-order valence-electron chi connectivity index (χ1n) is 5.46. The maximum Gasteiger partial charge on any atom is 0.0632 e. The zero-order valence-corrected chi connectivity index (χ0v) is 9.20. The van der Waals surface area contributed by atoms with Crippen molar-refractivity contribution < 1.29 is 4.74 Å². The molecule has 1 aromatic heterocycles. The van der Waals surface area contributed by atoms with E-state index in [1.807, 2.05) is 12.3 Å². The van der Waals surface area contributed by atoms with Crippen LogP contribution in [0.1, 0.15) is 5.69 Å². The highest BCUT2D eigenvalue weighted by Crippen LogP contribution is 2.02. The maximum absolute atomic E-state index is 5.42. The summed E-state index contributed by atoms with van der Waals surface area (Å²) in [4.78, 5) is 5.52. The van der Waals surface area contributed by atoms with Crippen molar-refractivity contribution in [3.8, 4) is 0 Å². The van der Waals surface area contributed by atoms with E-state index in [0.717, 1.165) is 32.8 Å². The van der Waals surface area contributed by atoms with Gasteiger partial charge in [0.1, 0.15) is 0 Å². The molecule has 2 N–H and O–H groups in total. The fraction of sp³-hybridized carbons (Fsp3) is 0.636. The maximum atomic E-state index is 5.42. The molecule has 1 aliphatic heterocycles. The molecule has 1 saturated heterocycles. The molecule has 1 aromatic rings. The molecule has 2 rings (SSSR count). The lowest BCUT2D eigenvalue weighted by atomic mass is 10.2. The molecule has 1 atom stereocenters. The van der Waals surface area contributed by atoms with Gasteiger partial charge in [-0.15, -0.1) is 0 Å². The van der Waals surface area contributed by atoms with E-state index in [-0.39, 0.29) is 0 Å². The molecule has 0 aliphatic carbocycles. The Morgan fingerprint density at radius 1 is 1.60 bits per heavy atom. The summed E-state index contributed by atoms with van der Waals surface area (Å²) in [6, 6.07) is 4.62. The molecule has 0 bridgehead atoms. The second-order valence-electron chi connectivity index (χ2n) is 4.12. The minimum Gasteiger partial charge on any atom is -0.378 e. The lowest BCUT2D eigenvalue weighted by molar-refractivity contribution is 0.0643. The van der Waals surface area contributed by atoms with Gasteiger partial charge in [-0.25, -0.2) is 0 Å². The highest BCUT2D eigenvalue weighted by atomic mass is 16.5. The highest BCUT2D eigenvalue weighted by molar-refractivity contribution is 5.03. The molecule has 1 aliphatic rings. The first kappa shape index (κ1) is 10.7. The minimum atomic E-state index is 0.471. The van der Waals surface area contributed by atoms with Gasteiger partial charge in [0.15, 0.2) is 0 Å². The van der Waals surface area contributed by atoms with Crippen LogP contribution in [0.5, 0.6) is 0 Å². The molecule has 1 unspecified atom stereocenters. The van der Waals surface area contributed by atoms with E-state index in [0.29, 0.717) is 6.04 Å². The van der Waals surface area contributed by atoms with Gasteiger partial charge in [0.25, 0.3) is 0 Å². The SMILES string of the molecule is CN(Cc1ccc[nH]1)CC1COCCN1. The van der Waals surface area contributed by atoms with Crippen molar-refractivity contribution in [2.75, 3.05) is 33.4 Å². The van der Waals surface area contributed by atoms with Gasteiger partial charge >= 0.3 is 0 Å². The smallest absolute Gasteiger partial charge is 0.0632 e. The van der Waals surface area contributed by atoms with E-state index >= 15 is 0 Å². The van der Waals surface area contributed by atoms with Gasteiger partial charge in [0.05, 0.1) is 13.2 Å². The van der Waals surface area contributed by atoms with Gasteiger partial charge in [-0.05, 0) is 19.2 Å². The fourth-order valence-corrected chi connectivity index (χ4v) is 1.93. The molecule has 1 fully saturated rings. The van der Waals surface area contributed by atoms with Crippen molar-refractivity contribution in [3.63, 3.8) is 0 Å². The Labute approximate surface area is 90.6 Å². The van der Waals surface area contributed by atoms with E-state index < -0.39 is 0 Å². The van der Waals surface area contributed by atoms with Crippen LogP contribution >= 0.6 is 0 Å². The van der Waals surface area contributed by atoms with Crippen molar-refractivity contribution in [2.45, 2.75) is 12.6 Å². The molecule has 0 radical (unpaired) electrons. The number of hydrogen-bond donors (Lipinski definition) is 2. The van der Waals surface area contributed by atoms with Crippen LogP contribution in [0.2, 0.25) is 0 Å². The number of hydrogen-bond acceptors (Lipinski definition) is 3. The zero-order valence-electron chi connectivity index (χ0n) is 9.20. The van der Waals surface area contributed by atoms with Gasteiger partial charge in [0.2, 0.25) is 0 Å². The Hall–Kier alpha value is -0.840. The number of aromatic nitrogens is 1. The summed E-state index contributed by atoms with van der Waals surface area (Å²) in [5, 5.41) is 3.45. The average Bonchev–Trinajstić information content (AvgIpc) is 2.71. The van der Waals surface area contributed by atoms with E-state index in [1.54, 1.807) is 0 Å². The van der Waals surface area contributed by atoms with Crippen LogP contribution < -0.4 is 5.32 Å². The second kappa shape index (κ2) is 5.30. The lowest BCUT2D eigenvalue weighted by Gasteiger charge is -2.28. The summed E-state index contributed by atoms with van der Waals surface area (Å²) in [6.45, 7) is 4.64. The molecule has 0 spiro atoms. The molecule has 4 heteroatoms. The largest absolute Gasteiger partial charge is 0.378 e. The van der Waals surface area contributed by atoms with Crippen LogP contribution in [0.25, 0.3) is 0 Å². The summed E-state index contributed by atoms with van der Waals surface area (Å²) >= 11 is 0. The molecule has 0 amide bonds. The third-order valence-corrected chi connectivity index (χ3v) is 2.63. The van der Waals surface area contributed by atoms with Crippen LogP contribution in [-0.4, -0.2) is 49.3 Å². The van der Waals surface area contributed by atoms with E-state index in [9.17, 15) is 0 Å². The Bertz CT molecular complexity index is 267. The van der Waals surface area contributed by atoms with Gasteiger partial charge in [-0.2, -0.15) is 0 Å². The molecule has 84 valence electrons. The van der Waals surface area contributed by atoms with E-state index in [1.165, 1.54) is 5.69 Å². The first-order chi connectivity index (χ1) is 7.34. The molecule has 0 saturated carbocycles. The molecule has 2 heterocycles. The summed E-state index contributed by atoms with van der Waals surface area (Å²) < 4.78 is 5.42. The number of morpholine rings is 1. The van der Waals surface area contributed by atoms with Crippen molar-refractivity contribution in [1.82, 2.24) is 15.2 Å². The van der Waals surface area contributed by atoms with Crippen molar-refractivity contribution >= 4 is 0 Å². The summed E-state index contributed by atoms with van der Waals surface area (Å²) in [5.41, 5.74) is 1.26. The van der Waals surface area contributed by atoms with Crippen LogP contribution in [-0.2, 0) is 11.3 Å². The number of H-pyrrole nitrogens is 1. The van der Waals surface area contributed by atoms with Gasteiger partial charge < -0.3 is 15.0 Å². The normalized spacial score (nSPS) is 22.1. The first-order valence-corrected chi connectivity index (χ1v) is 5.46. The molecule has 0 aromatic carbocycles. The number of ether oxygens (including phenoxy) is 1. The van der Waals surface area contributed by atoms with Crippen LogP contribution in [0.15, 0.2) is 18.3 Å². The van der Waals surface area contributed by atoms with Crippen LogP contribution in [0, 0.1) is 0 Å². The Balaban J connectivity index is 1.74. The number of aromatic amines is 1. The Morgan fingerprint density at radius 2 is 2.53 bits per heavy atom. The summed E-state index contributed by atoms with van der Waals surface area (Å²) in [7, 11) is 2.14. The molecule has 4 nitrogen and oxygen atoms in total. The topological polar surface area (TPSA) is 40.3 Å². The number of nitrogens with one attached hydrogen (secondary N) is 2. The predicted molar refractivity (Wildman–Crippen MR) is 59.7 cm³/mol. The number of likely N-dealkylation sites (N-methyl/N-ethyl adjacent to an activating group) is 1. The lowest BCUT2D eigenvalue weighted by Crippen LogP contribution is -2.47. The minimum absolute atomic E-state index is 0.471. The zero-order chi connectivity index (χ0) is 10.5. The summed E-state index contributed by atoms with van der Waals surface area (Å²) in [5.74, 6) is 0. The summed E-state index contributed by atoms with van der Waals surface area (Å²) in [6.07, 6.45) is 1.96. The Morgan fingerprint density at radius 3 is 3.20 bits per heavy atom. The van der Waals surface area contributed by atoms with Gasteiger partial charge in [-0.1, -0.05) is 0 Å². The molecular formula is C11H19N3O. The Kier molecular flexibility index (Phi) is 3.77. The second-order valence-corrected chi connectivity index (χ2v) is 4.12. The van der Waals surface area contributed by atoms with Gasteiger partial charge in [-0.3, -0.25) is 4.90 Å². The third kappa shape index (κ3) is 3.34. The van der Waals surface area contributed by atoms with E-state index in [4.69, 9.17) is 4.74 Å². The number of nitrogens with zero attached hydrogens (tertiary/aromatic N) is 1. The predicted octanol–water partition coefficient (Wildman–Crippen LogP) is 0.435. The van der Waals surface area contributed by atoms with Crippen molar-refractivity contribution in [1.29, 1.82) is 0 Å². The van der Waals surface area contributed by atoms with E-state index in [2.05, 4.69) is 28.3 Å². The van der Waals surface area contributed by atoms with Crippen LogP contribution in [0.3, 0.4) is 0 Å². The average molecular weight is 209 g/mol. The monoisotopic (exact) mass is 209 g/mol. The number of rotatable bonds is 4. The fourth-order valence-electron chi connectivity index (χ4n) is 1.93. The molecule has 15 heavy (non-hydrogen) atoms.